The molecular weight excluding hydrogens is 328 g/mol. The van der Waals surface area contributed by atoms with Crippen LogP contribution in [0.3, 0.4) is 0 Å². The van der Waals surface area contributed by atoms with E-state index in [9.17, 15) is 9.18 Å². The third-order valence-electron chi connectivity index (χ3n) is 3.30. The Bertz CT molecular complexity index is 889. The van der Waals surface area contributed by atoms with Crippen LogP contribution in [0, 0.1) is 12.7 Å². The molecule has 0 radical (unpaired) electrons. The van der Waals surface area contributed by atoms with E-state index in [0.717, 1.165) is 0 Å². The van der Waals surface area contributed by atoms with Gasteiger partial charge in [-0.15, -0.1) is 0 Å². The molecule has 6 heteroatoms. The number of carbonyl (C=O) groups is 1. The van der Waals surface area contributed by atoms with E-state index >= 15 is 0 Å². The quantitative estimate of drug-likeness (QED) is 0.676. The Morgan fingerprint density at radius 1 is 1.23 bits per heavy atom. The SMILES string of the molecule is Cc1c(C(=O)Nc2cc(Cl)ccc2Cl)oc2c(F)cccc12. The molecule has 0 fully saturated rings. The predicted molar refractivity (Wildman–Crippen MR) is 85.3 cm³/mol. The van der Waals surface area contributed by atoms with E-state index in [-0.39, 0.29) is 11.3 Å². The summed E-state index contributed by atoms with van der Waals surface area (Å²) in [6.45, 7) is 1.69. The molecule has 1 amide bonds. The molecule has 3 aromatic rings. The van der Waals surface area contributed by atoms with Crippen molar-refractivity contribution in [3.63, 3.8) is 0 Å². The van der Waals surface area contributed by atoms with Gasteiger partial charge in [0, 0.05) is 16.0 Å². The Labute approximate surface area is 135 Å². The zero-order valence-corrected chi connectivity index (χ0v) is 12.9. The molecule has 1 aromatic heterocycles. The second-order valence-corrected chi connectivity index (χ2v) is 5.59. The van der Waals surface area contributed by atoms with Gasteiger partial charge in [-0.05, 0) is 31.2 Å². The van der Waals surface area contributed by atoms with Gasteiger partial charge in [0.1, 0.15) is 0 Å². The Morgan fingerprint density at radius 2 is 2.00 bits per heavy atom. The van der Waals surface area contributed by atoms with Crippen molar-refractivity contribution in [1.29, 1.82) is 0 Å². The van der Waals surface area contributed by atoms with Crippen LogP contribution in [0.25, 0.3) is 11.0 Å². The number of fused-ring (bicyclic) bond motifs is 1. The third kappa shape index (κ3) is 2.56. The summed E-state index contributed by atoms with van der Waals surface area (Å²) in [4.78, 5) is 12.4. The first-order valence-electron chi connectivity index (χ1n) is 6.41. The van der Waals surface area contributed by atoms with Gasteiger partial charge in [-0.3, -0.25) is 4.79 Å². The fourth-order valence-corrected chi connectivity index (χ4v) is 2.53. The molecule has 0 aliphatic rings. The molecule has 0 spiro atoms. The van der Waals surface area contributed by atoms with Gasteiger partial charge in [0.25, 0.3) is 5.91 Å². The number of furan rings is 1. The summed E-state index contributed by atoms with van der Waals surface area (Å²) in [5.74, 6) is -0.992. The van der Waals surface area contributed by atoms with Crippen molar-refractivity contribution in [1.82, 2.24) is 0 Å². The summed E-state index contributed by atoms with van der Waals surface area (Å²) in [6, 6.07) is 9.25. The summed E-state index contributed by atoms with van der Waals surface area (Å²) in [6.07, 6.45) is 0. The van der Waals surface area contributed by atoms with Crippen LogP contribution in [-0.2, 0) is 0 Å². The minimum absolute atomic E-state index is 0.0381. The summed E-state index contributed by atoms with van der Waals surface area (Å²) in [7, 11) is 0. The van der Waals surface area contributed by atoms with Crippen LogP contribution in [0.1, 0.15) is 16.1 Å². The van der Waals surface area contributed by atoms with Crippen LogP contribution < -0.4 is 5.32 Å². The molecular formula is C16H10Cl2FNO2. The molecule has 0 saturated carbocycles. The average molecular weight is 338 g/mol. The molecule has 3 rings (SSSR count). The maximum absolute atomic E-state index is 13.7. The minimum atomic E-state index is -0.516. The van der Waals surface area contributed by atoms with E-state index in [2.05, 4.69) is 5.32 Å². The molecule has 0 aliphatic carbocycles. The number of para-hydroxylation sites is 1. The first kappa shape index (κ1) is 14.9. The molecule has 22 heavy (non-hydrogen) atoms. The predicted octanol–water partition coefficient (Wildman–Crippen LogP) is 5.44. The molecule has 0 bridgehead atoms. The number of nitrogens with one attached hydrogen (secondary N) is 1. The van der Waals surface area contributed by atoms with Crippen LogP contribution in [0.2, 0.25) is 10.0 Å². The normalized spacial score (nSPS) is 10.9. The van der Waals surface area contributed by atoms with Crippen LogP contribution in [0.15, 0.2) is 40.8 Å². The number of amides is 1. The fourth-order valence-electron chi connectivity index (χ4n) is 2.20. The Hall–Kier alpha value is -2.04. The summed E-state index contributed by atoms with van der Waals surface area (Å²) < 4.78 is 19.1. The monoisotopic (exact) mass is 337 g/mol. The highest BCUT2D eigenvalue weighted by Gasteiger charge is 2.20. The van der Waals surface area contributed by atoms with Crippen molar-refractivity contribution in [3.05, 3.63) is 63.6 Å². The molecule has 1 N–H and O–H groups in total. The van der Waals surface area contributed by atoms with E-state index in [4.69, 9.17) is 27.6 Å². The van der Waals surface area contributed by atoms with Gasteiger partial charge in [0.2, 0.25) is 0 Å². The largest absolute Gasteiger partial charge is 0.448 e. The Balaban J connectivity index is 2.01. The van der Waals surface area contributed by atoms with Crippen LogP contribution >= 0.6 is 23.2 Å². The van der Waals surface area contributed by atoms with Crippen molar-refractivity contribution in [3.8, 4) is 0 Å². The molecule has 0 aliphatic heterocycles. The molecule has 3 nitrogen and oxygen atoms in total. The van der Waals surface area contributed by atoms with E-state index in [1.807, 2.05) is 0 Å². The van der Waals surface area contributed by atoms with Gasteiger partial charge in [-0.2, -0.15) is 0 Å². The third-order valence-corrected chi connectivity index (χ3v) is 3.86. The molecule has 2 aromatic carbocycles. The van der Waals surface area contributed by atoms with Crippen molar-refractivity contribution >= 4 is 45.8 Å². The van der Waals surface area contributed by atoms with E-state index in [0.29, 0.717) is 26.7 Å². The van der Waals surface area contributed by atoms with Crippen molar-refractivity contribution < 1.29 is 13.6 Å². The molecule has 0 saturated heterocycles. The zero-order valence-electron chi connectivity index (χ0n) is 11.4. The van der Waals surface area contributed by atoms with Gasteiger partial charge in [-0.25, -0.2) is 4.39 Å². The number of benzene rings is 2. The lowest BCUT2D eigenvalue weighted by atomic mass is 10.1. The first-order valence-corrected chi connectivity index (χ1v) is 7.17. The zero-order chi connectivity index (χ0) is 15.9. The molecule has 0 atom stereocenters. The number of rotatable bonds is 2. The molecule has 1 heterocycles. The maximum Gasteiger partial charge on any atom is 0.291 e. The average Bonchev–Trinajstić information content (AvgIpc) is 2.82. The van der Waals surface area contributed by atoms with Gasteiger partial charge in [0.05, 0.1) is 10.7 Å². The van der Waals surface area contributed by atoms with Crippen molar-refractivity contribution in [2.75, 3.05) is 5.32 Å². The van der Waals surface area contributed by atoms with Gasteiger partial charge < -0.3 is 9.73 Å². The standard InChI is InChI=1S/C16H10Cl2FNO2/c1-8-10-3-2-4-12(19)15(10)22-14(8)16(21)20-13-7-9(17)5-6-11(13)18/h2-7H,1H3,(H,20,21). The summed E-state index contributed by atoms with van der Waals surface area (Å²) in [5.41, 5.74) is 0.979. The van der Waals surface area contributed by atoms with Crippen LogP contribution in [0.5, 0.6) is 0 Å². The number of hydrogen-bond acceptors (Lipinski definition) is 2. The summed E-state index contributed by atoms with van der Waals surface area (Å²) >= 11 is 11.9. The molecule has 112 valence electrons. The lowest BCUT2D eigenvalue weighted by Crippen LogP contribution is -2.12. The lowest BCUT2D eigenvalue weighted by Gasteiger charge is -2.06. The smallest absolute Gasteiger partial charge is 0.291 e. The van der Waals surface area contributed by atoms with Crippen LogP contribution in [0.4, 0.5) is 10.1 Å². The van der Waals surface area contributed by atoms with Crippen molar-refractivity contribution in [2.24, 2.45) is 0 Å². The van der Waals surface area contributed by atoms with Crippen molar-refractivity contribution in [2.45, 2.75) is 6.92 Å². The van der Waals surface area contributed by atoms with E-state index in [1.165, 1.54) is 12.1 Å². The van der Waals surface area contributed by atoms with Gasteiger partial charge in [-0.1, -0.05) is 35.3 Å². The van der Waals surface area contributed by atoms with Gasteiger partial charge in [0.15, 0.2) is 17.2 Å². The number of aryl methyl sites for hydroxylation is 1. The highest BCUT2D eigenvalue weighted by Crippen LogP contribution is 2.30. The Morgan fingerprint density at radius 3 is 2.73 bits per heavy atom. The topological polar surface area (TPSA) is 42.2 Å². The Kier molecular flexibility index (Phi) is 3.81. The molecule has 0 unspecified atom stereocenters. The van der Waals surface area contributed by atoms with E-state index in [1.54, 1.807) is 31.2 Å². The number of anilines is 1. The lowest BCUT2D eigenvalue weighted by molar-refractivity contribution is 0.0997. The number of hydrogen-bond donors (Lipinski definition) is 1. The maximum atomic E-state index is 13.7. The highest BCUT2D eigenvalue weighted by molar-refractivity contribution is 6.35. The second-order valence-electron chi connectivity index (χ2n) is 4.75. The number of halogens is 3. The van der Waals surface area contributed by atoms with Gasteiger partial charge >= 0.3 is 0 Å². The fraction of sp³-hybridized carbons (Fsp3) is 0.0625. The van der Waals surface area contributed by atoms with Crippen LogP contribution in [-0.4, -0.2) is 5.91 Å². The summed E-state index contributed by atoms with van der Waals surface area (Å²) in [5, 5.41) is 3.96. The second kappa shape index (κ2) is 5.63. The first-order chi connectivity index (χ1) is 10.5. The highest BCUT2D eigenvalue weighted by atomic mass is 35.5. The number of carbonyl (C=O) groups excluding carboxylic acids is 1. The minimum Gasteiger partial charge on any atom is -0.448 e. The van der Waals surface area contributed by atoms with E-state index < -0.39 is 11.7 Å².